The molecule has 0 aliphatic carbocycles. The van der Waals surface area contributed by atoms with Crippen molar-refractivity contribution in [1.82, 2.24) is 10.2 Å². The fraction of sp³-hybridized carbons (Fsp3) is 0.526. The van der Waals surface area contributed by atoms with E-state index in [0.717, 1.165) is 29.8 Å². The molecule has 5 nitrogen and oxygen atoms in total. The van der Waals surface area contributed by atoms with Gasteiger partial charge in [-0.25, -0.2) is 0 Å². The van der Waals surface area contributed by atoms with Gasteiger partial charge in [-0.3, -0.25) is 14.4 Å². The second kappa shape index (κ2) is 8.48. The van der Waals surface area contributed by atoms with E-state index in [2.05, 4.69) is 11.4 Å². The van der Waals surface area contributed by atoms with E-state index in [9.17, 15) is 14.4 Å². The molecule has 1 fully saturated rings. The molecule has 0 saturated carbocycles. The lowest BCUT2D eigenvalue weighted by Gasteiger charge is -2.17. The first kappa shape index (κ1) is 19.4. The first-order valence-corrected chi connectivity index (χ1v) is 9.09. The van der Waals surface area contributed by atoms with Gasteiger partial charge in [-0.1, -0.05) is 23.7 Å². The second-order valence-corrected chi connectivity index (χ2v) is 7.05. The van der Waals surface area contributed by atoms with Crippen molar-refractivity contribution in [2.75, 3.05) is 13.1 Å². The van der Waals surface area contributed by atoms with Crippen molar-refractivity contribution in [3.05, 3.63) is 34.3 Å². The number of nitrogens with zero attached hydrogens (tertiary/aromatic N) is 1. The Morgan fingerprint density at radius 1 is 1.40 bits per heavy atom. The highest BCUT2D eigenvalue weighted by Gasteiger charge is 2.42. The standard InChI is InChI=1S/C19H25ClN2O3/c1-4-22-11-15(17(23)19(22)25)18(24)21-13(3)6-5-7-14-8-9-16(20)12(2)10-14/h8-10,13,15H,4-7,11H2,1-3H3,(H,21,24). The van der Waals surface area contributed by atoms with Gasteiger partial charge in [-0.2, -0.15) is 0 Å². The van der Waals surface area contributed by atoms with Gasteiger partial charge in [0.1, 0.15) is 5.92 Å². The van der Waals surface area contributed by atoms with Crippen LogP contribution in [0.15, 0.2) is 18.2 Å². The smallest absolute Gasteiger partial charge is 0.290 e. The summed E-state index contributed by atoms with van der Waals surface area (Å²) in [5.74, 6) is -2.35. The van der Waals surface area contributed by atoms with E-state index in [1.54, 1.807) is 6.92 Å². The third kappa shape index (κ3) is 4.82. The topological polar surface area (TPSA) is 66.5 Å². The molecule has 2 unspecified atom stereocenters. The summed E-state index contributed by atoms with van der Waals surface area (Å²) in [4.78, 5) is 37.3. The maximum Gasteiger partial charge on any atom is 0.290 e. The van der Waals surface area contributed by atoms with Crippen molar-refractivity contribution < 1.29 is 14.4 Å². The predicted octanol–water partition coefficient (Wildman–Crippen LogP) is 2.52. The maximum atomic E-state index is 12.3. The van der Waals surface area contributed by atoms with Gasteiger partial charge in [0.2, 0.25) is 11.7 Å². The SMILES string of the molecule is CCN1CC(C(=O)NC(C)CCCc2ccc(Cl)c(C)c2)C(=O)C1=O. The minimum atomic E-state index is -0.867. The molecule has 1 aromatic carbocycles. The third-order valence-electron chi connectivity index (χ3n) is 4.63. The van der Waals surface area contributed by atoms with Gasteiger partial charge < -0.3 is 10.2 Å². The van der Waals surface area contributed by atoms with Crippen LogP contribution in [0.2, 0.25) is 5.02 Å². The summed E-state index contributed by atoms with van der Waals surface area (Å²) in [6.07, 6.45) is 2.63. The van der Waals surface area contributed by atoms with Crippen LogP contribution < -0.4 is 5.32 Å². The molecule has 25 heavy (non-hydrogen) atoms. The lowest BCUT2D eigenvalue weighted by molar-refractivity contribution is -0.142. The zero-order chi connectivity index (χ0) is 18.6. The van der Waals surface area contributed by atoms with Crippen molar-refractivity contribution in [3.8, 4) is 0 Å². The van der Waals surface area contributed by atoms with Crippen molar-refractivity contribution in [1.29, 1.82) is 0 Å². The number of ketones is 1. The van der Waals surface area contributed by atoms with Crippen LogP contribution in [0, 0.1) is 12.8 Å². The van der Waals surface area contributed by atoms with Gasteiger partial charge in [0.15, 0.2) is 0 Å². The number of nitrogens with one attached hydrogen (secondary N) is 1. The molecule has 0 aromatic heterocycles. The van der Waals surface area contributed by atoms with Gasteiger partial charge in [0.25, 0.3) is 5.91 Å². The van der Waals surface area contributed by atoms with Gasteiger partial charge in [0.05, 0.1) is 0 Å². The maximum absolute atomic E-state index is 12.3. The highest BCUT2D eigenvalue weighted by atomic mass is 35.5. The van der Waals surface area contributed by atoms with Crippen LogP contribution >= 0.6 is 11.6 Å². The van der Waals surface area contributed by atoms with E-state index in [0.29, 0.717) is 6.54 Å². The number of Topliss-reactive ketones (excluding diaryl/α,β-unsaturated/α-hetero) is 1. The summed E-state index contributed by atoms with van der Waals surface area (Å²) in [5.41, 5.74) is 2.28. The van der Waals surface area contributed by atoms with Crippen LogP contribution in [0.3, 0.4) is 0 Å². The number of aryl methyl sites for hydroxylation is 2. The predicted molar refractivity (Wildman–Crippen MR) is 97.5 cm³/mol. The molecule has 1 aliphatic heterocycles. The molecule has 0 bridgehead atoms. The fourth-order valence-corrected chi connectivity index (χ4v) is 3.17. The molecule has 1 N–H and O–H groups in total. The zero-order valence-electron chi connectivity index (χ0n) is 15.0. The Bertz CT molecular complexity index is 675. The Balaban J connectivity index is 1.79. The van der Waals surface area contributed by atoms with Crippen molar-refractivity contribution in [3.63, 3.8) is 0 Å². The number of hydrogen-bond acceptors (Lipinski definition) is 3. The number of rotatable bonds is 7. The van der Waals surface area contributed by atoms with Gasteiger partial charge >= 0.3 is 0 Å². The van der Waals surface area contributed by atoms with E-state index < -0.39 is 17.6 Å². The highest BCUT2D eigenvalue weighted by Crippen LogP contribution is 2.18. The number of halogens is 1. The summed E-state index contributed by atoms with van der Waals surface area (Å²) in [6, 6.07) is 5.95. The molecule has 1 aromatic rings. The lowest BCUT2D eigenvalue weighted by atomic mass is 10.0. The number of hydrogen-bond donors (Lipinski definition) is 1. The van der Waals surface area contributed by atoms with E-state index in [1.165, 1.54) is 10.5 Å². The Labute approximate surface area is 153 Å². The van der Waals surface area contributed by atoms with E-state index >= 15 is 0 Å². The molecule has 1 saturated heterocycles. The number of carbonyl (C=O) groups is 3. The normalized spacial score (nSPS) is 18.6. The quantitative estimate of drug-likeness (QED) is 0.597. The number of carbonyl (C=O) groups excluding carboxylic acids is 3. The summed E-state index contributed by atoms with van der Waals surface area (Å²) < 4.78 is 0. The van der Waals surface area contributed by atoms with E-state index in [1.807, 2.05) is 26.0 Å². The van der Waals surface area contributed by atoms with Crippen LogP contribution in [-0.4, -0.2) is 41.6 Å². The lowest BCUT2D eigenvalue weighted by Crippen LogP contribution is -2.40. The molecule has 136 valence electrons. The molecule has 0 spiro atoms. The Morgan fingerprint density at radius 3 is 2.72 bits per heavy atom. The summed E-state index contributed by atoms with van der Waals surface area (Å²) >= 11 is 6.02. The van der Waals surface area contributed by atoms with Crippen LogP contribution in [0.5, 0.6) is 0 Å². The number of amides is 2. The number of benzene rings is 1. The van der Waals surface area contributed by atoms with Crippen molar-refractivity contribution in [2.24, 2.45) is 5.92 Å². The molecule has 2 atom stereocenters. The van der Waals surface area contributed by atoms with Gasteiger partial charge in [-0.05, 0) is 57.2 Å². The molecule has 2 amide bonds. The monoisotopic (exact) mass is 364 g/mol. The average molecular weight is 365 g/mol. The largest absolute Gasteiger partial charge is 0.353 e. The Hall–Kier alpha value is -1.88. The van der Waals surface area contributed by atoms with Crippen molar-refractivity contribution in [2.45, 2.75) is 46.1 Å². The minimum absolute atomic E-state index is 0.0422. The summed E-state index contributed by atoms with van der Waals surface area (Å²) in [5, 5.41) is 3.63. The number of likely N-dealkylation sites (tertiary alicyclic amines) is 1. The molecule has 1 heterocycles. The minimum Gasteiger partial charge on any atom is -0.353 e. The fourth-order valence-electron chi connectivity index (χ4n) is 3.06. The van der Waals surface area contributed by atoms with E-state index in [4.69, 9.17) is 11.6 Å². The van der Waals surface area contributed by atoms with Crippen LogP contribution in [0.1, 0.15) is 37.8 Å². The van der Waals surface area contributed by atoms with Gasteiger partial charge in [0, 0.05) is 24.2 Å². The average Bonchev–Trinajstić information content (AvgIpc) is 2.86. The molecular weight excluding hydrogens is 340 g/mol. The molecule has 1 aliphatic rings. The number of likely N-dealkylation sites (N-methyl/N-ethyl adjacent to an activating group) is 1. The van der Waals surface area contributed by atoms with Crippen molar-refractivity contribution >= 4 is 29.2 Å². The third-order valence-corrected chi connectivity index (χ3v) is 5.05. The first-order valence-electron chi connectivity index (χ1n) is 8.72. The summed E-state index contributed by atoms with van der Waals surface area (Å²) in [7, 11) is 0. The Kier molecular flexibility index (Phi) is 6.59. The Morgan fingerprint density at radius 2 is 2.12 bits per heavy atom. The van der Waals surface area contributed by atoms with E-state index in [-0.39, 0.29) is 18.5 Å². The highest BCUT2D eigenvalue weighted by molar-refractivity contribution is 6.42. The second-order valence-electron chi connectivity index (χ2n) is 6.65. The van der Waals surface area contributed by atoms with Crippen LogP contribution in [-0.2, 0) is 20.8 Å². The van der Waals surface area contributed by atoms with Gasteiger partial charge in [-0.15, -0.1) is 0 Å². The van der Waals surface area contributed by atoms with Crippen LogP contribution in [0.25, 0.3) is 0 Å². The first-order chi connectivity index (χ1) is 11.8. The molecular formula is C19H25ClN2O3. The zero-order valence-corrected chi connectivity index (χ0v) is 15.7. The molecule has 6 heteroatoms. The van der Waals surface area contributed by atoms with Crippen LogP contribution in [0.4, 0.5) is 0 Å². The molecule has 2 rings (SSSR count). The summed E-state index contributed by atoms with van der Waals surface area (Å²) in [6.45, 7) is 6.34. The molecule has 0 radical (unpaired) electrons.